The van der Waals surface area contributed by atoms with Gasteiger partial charge in [-0.1, -0.05) is 36.9 Å². The van der Waals surface area contributed by atoms with E-state index in [-0.39, 0.29) is 35.5 Å². The molecule has 0 bridgehead atoms. The predicted octanol–water partition coefficient (Wildman–Crippen LogP) is 4.94. The van der Waals surface area contributed by atoms with Gasteiger partial charge < -0.3 is 20.1 Å². The minimum absolute atomic E-state index is 0.0157. The highest BCUT2D eigenvalue weighted by atomic mass is 32.2. The number of thiazole rings is 1. The number of carbonyl (C=O) groups excluding carboxylic acids is 2. The molecular weight excluding hydrogens is 548 g/mol. The van der Waals surface area contributed by atoms with Crippen molar-refractivity contribution in [1.29, 1.82) is 0 Å². The second-order valence-corrected chi connectivity index (χ2v) is 11.3. The number of thioether (sulfide) groups is 1. The van der Waals surface area contributed by atoms with Gasteiger partial charge in [0.05, 0.1) is 18.9 Å². The number of halogens is 2. The highest BCUT2D eigenvalue weighted by Crippen LogP contribution is 2.55. The fourth-order valence-corrected chi connectivity index (χ4v) is 6.89. The summed E-state index contributed by atoms with van der Waals surface area (Å²) in [4.78, 5) is 39.2. The van der Waals surface area contributed by atoms with Crippen molar-refractivity contribution < 1.29 is 27.8 Å². The monoisotopic (exact) mass is 573 g/mol. The maximum Gasteiger partial charge on any atom is 0.387 e. The SMILES string of the molecule is C[C@H]1C[C@@]2(C)CSC(NC(=O)c3ccccc3)=N[C@@]2(c2nc(NC(=O)c3ccc(OC(F)F)cn3)cs2)CO1. The summed E-state index contributed by atoms with van der Waals surface area (Å²) >= 11 is 2.83. The summed E-state index contributed by atoms with van der Waals surface area (Å²) in [6.07, 6.45) is 1.82. The van der Waals surface area contributed by atoms with E-state index in [0.717, 1.165) is 12.6 Å². The number of anilines is 1. The number of carbonyl (C=O) groups is 2. The van der Waals surface area contributed by atoms with E-state index in [1.54, 1.807) is 29.6 Å². The zero-order valence-electron chi connectivity index (χ0n) is 21.0. The van der Waals surface area contributed by atoms with Crippen molar-refractivity contribution in [3.05, 3.63) is 70.3 Å². The quantitative estimate of drug-likeness (QED) is 0.430. The molecule has 3 atom stereocenters. The molecule has 0 aliphatic carbocycles. The van der Waals surface area contributed by atoms with Crippen molar-refractivity contribution >= 4 is 45.9 Å². The maximum atomic E-state index is 12.8. The minimum atomic E-state index is -2.98. The highest BCUT2D eigenvalue weighted by molar-refractivity contribution is 8.14. The number of fused-ring (bicyclic) bond motifs is 1. The Morgan fingerprint density at radius 1 is 1.15 bits per heavy atom. The van der Waals surface area contributed by atoms with Gasteiger partial charge in [0.25, 0.3) is 11.8 Å². The normalized spacial score (nSPS) is 24.4. The Labute approximate surface area is 231 Å². The molecule has 1 aromatic carbocycles. The van der Waals surface area contributed by atoms with Crippen molar-refractivity contribution in [2.45, 2.75) is 38.5 Å². The van der Waals surface area contributed by atoms with Crippen LogP contribution in [-0.2, 0) is 10.3 Å². The Balaban J connectivity index is 1.39. The fraction of sp³-hybridized carbons (Fsp3) is 0.346. The summed E-state index contributed by atoms with van der Waals surface area (Å²) in [5, 5.41) is 8.46. The van der Waals surface area contributed by atoms with Crippen LogP contribution in [0.2, 0.25) is 0 Å². The molecule has 13 heteroatoms. The van der Waals surface area contributed by atoms with Gasteiger partial charge in [-0.25, -0.2) is 15.0 Å². The molecule has 0 saturated carbocycles. The molecule has 2 aliphatic heterocycles. The number of pyridine rings is 1. The van der Waals surface area contributed by atoms with Crippen molar-refractivity contribution in [3.63, 3.8) is 0 Å². The van der Waals surface area contributed by atoms with Crippen LogP contribution in [0.25, 0.3) is 0 Å². The number of amidine groups is 1. The van der Waals surface area contributed by atoms with Crippen LogP contribution >= 0.6 is 23.1 Å². The average Bonchev–Trinajstić information content (AvgIpc) is 3.38. The lowest BCUT2D eigenvalue weighted by atomic mass is 9.68. The third kappa shape index (κ3) is 5.65. The first-order valence-corrected chi connectivity index (χ1v) is 13.9. The van der Waals surface area contributed by atoms with Crippen LogP contribution < -0.4 is 15.4 Å². The van der Waals surface area contributed by atoms with Crippen LogP contribution in [0.4, 0.5) is 14.6 Å². The number of nitrogens with zero attached hydrogens (tertiary/aromatic N) is 3. The summed E-state index contributed by atoms with van der Waals surface area (Å²) in [5.41, 5.74) is -0.651. The third-order valence-electron chi connectivity index (χ3n) is 6.68. The molecule has 2 aromatic heterocycles. The van der Waals surface area contributed by atoms with Crippen molar-refractivity contribution in [2.24, 2.45) is 10.4 Å². The molecule has 5 rings (SSSR count). The Morgan fingerprint density at radius 2 is 1.95 bits per heavy atom. The lowest BCUT2D eigenvalue weighted by molar-refractivity contribution is -0.0862. The molecule has 0 spiro atoms. The van der Waals surface area contributed by atoms with Crippen LogP contribution in [0, 0.1) is 5.41 Å². The van der Waals surface area contributed by atoms with Crippen molar-refractivity contribution in [1.82, 2.24) is 15.3 Å². The molecule has 9 nitrogen and oxygen atoms in total. The summed E-state index contributed by atoms with van der Waals surface area (Å²) in [6.45, 7) is 1.45. The number of rotatable bonds is 6. The zero-order valence-corrected chi connectivity index (χ0v) is 22.7. The van der Waals surface area contributed by atoms with Crippen LogP contribution in [0.15, 0.2) is 59.0 Å². The van der Waals surface area contributed by atoms with Gasteiger partial charge >= 0.3 is 6.61 Å². The van der Waals surface area contributed by atoms with Crippen molar-refractivity contribution in [2.75, 3.05) is 17.7 Å². The largest absolute Gasteiger partial charge is 0.433 e. The molecule has 4 heterocycles. The van der Waals surface area contributed by atoms with Gasteiger partial charge in [0.15, 0.2) is 5.17 Å². The molecule has 1 saturated heterocycles. The number of nitrogens with one attached hydrogen (secondary N) is 2. The topological polar surface area (TPSA) is 115 Å². The molecule has 3 aromatic rings. The lowest BCUT2D eigenvalue weighted by Crippen LogP contribution is -2.56. The van der Waals surface area contributed by atoms with Crippen LogP contribution in [0.3, 0.4) is 0 Å². The second-order valence-electron chi connectivity index (χ2n) is 9.52. The van der Waals surface area contributed by atoms with Gasteiger partial charge in [-0.15, -0.1) is 11.3 Å². The van der Waals surface area contributed by atoms with Gasteiger partial charge in [-0.3, -0.25) is 9.59 Å². The summed E-state index contributed by atoms with van der Waals surface area (Å²) in [6, 6.07) is 11.4. The van der Waals surface area contributed by atoms with Crippen molar-refractivity contribution in [3.8, 4) is 5.75 Å². The molecule has 2 amide bonds. The van der Waals surface area contributed by atoms with Crippen LogP contribution in [0.5, 0.6) is 5.75 Å². The molecule has 204 valence electrons. The number of hydrogen-bond acceptors (Lipinski definition) is 9. The first-order chi connectivity index (χ1) is 18.7. The summed E-state index contributed by atoms with van der Waals surface area (Å²) in [7, 11) is 0. The number of alkyl halides is 2. The number of aliphatic imine (C=N–C) groups is 1. The molecule has 2 N–H and O–H groups in total. The first kappa shape index (κ1) is 27.2. The fourth-order valence-electron chi connectivity index (χ4n) is 4.66. The number of aromatic nitrogens is 2. The summed E-state index contributed by atoms with van der Waals surface area (Å²) < 4.78 is 35.1. The van der Waals surface area contributed by atoms with Gasteiger partial charge in [0, 0.05) is 22.1 Å². The van der Waals surface area contributed by atoms with Gasteiger partial charge in [0.2, 0.25) is 0 Å². The Bertz CT molecular complexity index is 1390. The van der Waals surface area contributed by atoms with E-state index < -0.39 is 18.1 Å². The number of ether oxygens (including phenoxy) is 2. The standard InChI is InChI=1S/C26H25F2N5O4S2/c1-15-10-25(2)14-39-24(32-20(34)16-6-4-3-5-7-16)33-26(25,13-36-15)22-31-19(12-38-22)30-21(35)18-9-8-17(11-29-18)37-23(27)28/h3-9,11-12,15,23H,10,13-14H2,1-2H3,(H,30,35)(H,32,33,34)/t15-,25-,26+/m0/s1. The second kappa shape index (κ2) is 11.0. The first-order valence-electron chi connectivity index (χ1n) is 12.1. The highest BCUT2D eigenvalue weighted by Gasteiger charge is 2.57. The van der Waals surface area contributed by atoms with E-state index >= 15 is 0 Å². The number of amides is 2. The molecule has 0 radical (unpaired) electrons. The Kier molecular flexibility index (Phi) is 7.65. The van der Waals surface area contributed by atoms with E-state index in [4.69, 9.17) is 14.7 Å². The molecular formula is C26H25F2N5O4S2. The van der Waals surface area contributed by atoms with E-state index in [9.17, 15) is 18.4 Å². The van der Waals surface area contributed by atoms with E-state index in [1.807, 2.05) is 13.0 Å². The Morgan fingerprint density at radius 3 is 2.67 bits per heavy atom. The summed E-state index contributed by atoms with van der Waals surface area (Å²) in [5.74, 6) is 0.0317. The third-order valence-corrected chi connectivity index (χ3v) is 8.92. The van der Waals surface area contributed by atoms with Gasteiger partial charge in [-0.2, -0.15) is 8.78 Å². The van der Waals surface area contributed by atoms with Crippen LogP contribution in [0.1, 0.15) is 46.1 Å². The smallest absolute Gasteiger partial charge is 0.387 e. The molecule has 1 fully saturated rings. The molecule has 0 unspecified atom stereocenters. The zero-order chi connectivity index (χ0) is 27.6. The van der Waals surface area contributed by atoms with E-state index in [1.165, 1.54) is 35.2 Å². The Hall–Kier alpha value is -3.42. The van der Waals surface area contributed by atoms with Crippen LogP contribution in [-0.4, -0.2) is 52.0 Å². The lowest BCUT2D eigenvalue weighted by Gasteiger charge is -2.52. The minimum Gasteiger partial charge on any atom is -0.433 e. The number of hydrogen-bond donors (Lipinski definition) is 2. The molecule has 2 aliphatic rings. The number of benzene rings is 1. The molecule has 39 heavy (non-hydrogen) atoms. The maximum absolute atomic E-state index is 12.8. The van der Waals surface area contributed by atoms with Gasteiger partial charge in [-0.05, 0) is 37.6 Å². The van der Waals surface area contributed by atoms with Gasteiger partial charge in [0.1, 0.15) is 27.8 Å². The predicted molar refractivity (Wildman–Crippen MR) is 145 cm³/mol. The van der Waals surface area contributed by atoms with E-state index in [0.29, 0.717) is 27.3 Å². The van der Waals surface area contributed by atoms with E-state index in [2.05, 4.69) is 27.3 Å². The average molecular weight is 574 g/mol.